The molecule has 1 aromatic rings. The van der Waals surface area contributed by atoms with Gasteiger partial charge in [0.25, 0.3) is 0 Å². The number of hydrogen-bond donors (Lipinski definition) is 0. The van der Waals surface area contributed by atoms with Crippen molar-refractivity contribution in [3.63, 3.8) is 0 Å². The number of fused-ring (bicyclic) bond motifs is 3. The van der Waals surface area contributed by atoms with Gasteiger partial charge in [0.05, 0.1) is 18.0 Å². The maximum Gasteiger partial charge on any atom is 0.248 e. The molecule has 0 bridgehead atoms. The molecule has 0 N–H and O–H groups in total. The first-order chi connectivity index (χ1) is 14.3. The van der Waals surface area contributed by atoms with Gasteiger partial charge in [0, 0.05) is 31.8 Å². The van der Waals surface area contributed by atoms with E-state index in [0.29, 0.717) is 6.61 Å². The van der Waals surface area contributed by atoms with Crippen LogP contribution in [0.1, 0.15) is 58.6 Å². The van der Waals surface area contributed by atoms with Crippen LogP contribution in [0.15, 0.2) is 52.1 Å². The van der Waals surface area contributed by atoms with Crippen LogP contribution in [-0.4, -0.2) is 53.0 Å². The van der Waals surface area contributed by atoms with Crippen LogP contribution in [0.4, 0.5) is 0 Å². The number of nitrogens with zero attached hydrogens (tertiary/aromatic N) is 4. The molecule has 0 radical (unpaired) electrons. The van der Waals surface area contributed by atoms with Crippen LogP contribution >= 0.6 is 0 Å². The predicted molar refractivity (Wildman–Crippen MR) is 118 cm³/mol. The smallest absolute Gasteiger partial charge is 0.248 e. The molecule has 3 aliphatic rings. The van der Waals surface area contributed by atoms with Gasteiger partial charge in [-0.3, -0.25) is 14.4 Å². The first-order valence-electron chi connectivity index (χ1n) is 10.8. The van der Waals surface area contributed by atoms with Crippen LogP contribution < -0.4 is 0 Å². The van der Waals surface area contributed by atoms with E-state index < -0.39 is 0 Å². The number of carbonyl (C=O) groups excluding carboxylic acids is 1. The Bertz CT molecular complexity index is 972. The van der Waals surface area contributed by atoms with Gasteiger partial charge in [0.15, 0.2) is 0 Å². The minimum Gasteiger partial charge on any atom is -0.384 e. The molecule has 1 aliphatic carbocycles. The van der Waals surface area contributed by atoms with Crippen molar-refractivity contribution in [1.82, 2.24) is 14.5 Å². The number of ether oxygens (including phenoxy) is 1. The second-order valence-electron chi connectivity index (χ2n) is 9.43. The van der Waals surface area contributed by atoms with E-state index in [2.05, 4.69) is 49.8 Å². The molecular weight excluding hydrogens is 376 g/mol. The largest absolute Gasteiger partial charge is 0.384 e. The monoisotopic (exact) mass is 408 g/mol. The summed E-state index contributed by atoms with van der Waals surface area (Å²) in [6, 6.07) is 0. The van der Waals surface area contributed by atoms with E-state index >= 15 is 0 Å². The van der Waals surface area contributed by atoms with Gasteiger partial charge in [-0.1, -0.05) is 39.3 Å². The molecule has 2 aliphatic heterocycles. The summed E-state index contributed by atoms with van der Waals surface area (Å²) >= 11 is 0. The molecule has 1 amide bonds. The minimum atomic E-state index is 0.0622. The zero-order valence-corrected chi connectivity index (χ0v) is 18.7. The molecule has 1 aromatic heterocycles. The molecule has 0 saturated carbocycles. The van der Waals surface area contributed by atoms with Crippen molar-refractivity contribution < 1.29 is 9.53 Å². The Labute approximate surface area is 179 Å². The summed E-state index contributed by atoms with van der Waals surface area (Å²) < 4.78 is 7.19. The molecule has 6 nitrogen and oxygen atoms in total. The van der Waals surface area contributed by atoms with Crippen LogP contribution in [0.25, 0.3) is 0 Å². The van der Waals surface area contributed by atoms with Crippen molar-refractivity contribution >= 4 is 11.7 Å². The minimum absolute atomic E-state index is 0.0622. The lowest BCUT2D eigenvalue weighted by molar-refractivity contribution is -0.127. The number of aromatic nitrogens is 2. The second kappa shape index (κ2) is 7.99. The Hall–Kier alpha value is -2.47. The molecule has 1 saturated heterocycles. The maximum absolute atomic E-state index is 12.9. The standard InChI is InChI=1S/C24H32N4O2/c1-16(14-30-5)20-13-27(15-26-20)22-11-21-18-7-6-8-19(24(2,3)4)17(18)9-10-28(21)23(29)12-25-22/h7,11,13,15-16H,6,8-10,12,14H2,1-5H3. The Morgan fingerprint density at radius 1 is 1.27 bits per heavy atom. The van der Waals surface area contributed by atoms with E-state index in [1.807, 2.05) is 15.7 Å². The van der Waals surface area contributed by atoms with Crippen molar-refractivity contribution in [1.29, 1.82) is 0 Å². The average molecular weight is 409 g/mol. The summed E-state index contributed by atoms with van der Waals surface area (Å²) in [5, 5.41) is 0. The third kappa shape index (κ3) is 3.81. The molecule has 0 spiro atoms. The van der Waals surface area contributed by atoms with Gasteiger partial charge in [-0.2, -0.15) is 0 Å². The molecule has 0 aromatic carbocycles. The third-order valence-electron chi connectivity index (χ3n) is 6.22. The van der Waals surface area contributed by atoms with Crippen molar-refractivity contribution in [2.24, 2.45) is 10.4 Å². The van der Waals surface area contributed by atoms with Crippen molar-refractivity contribution in [3.05, 3.63) is 52.8 Å². The van der Waals surface area contributed by atoms with Gasteiger partial charge in [-0.25, -0.2) is 4.98 Å². The van der Waals surface area contributed by atoms with E-state index in [1.165, 1.54) is 16.7 Å². The lowest BCUT2D eigenvalue weighted by atomic mass is 9.73. The number of aliphatic imine (C=N–C) groups is 1. The normalized spacial score (nSPS) is 20.8. The molecule has 6 heteroatoms. The lowest BCUT2D eigenvalue weighted by Crippen LogP contribution is -2.38. The van der Waals surface area contributed by atoms with Gasteiger partial charge in [-0.05, 0) is 35.8 Å². The van der Waals surface area contributed by atoms with E-state index in [9.17, 15) is 4.79 Å². The Balaban J connectivity index is 1.74. The fourth-order valence-electron chi connectivity index (χ4n) is 4.69. The number of carbonyl (C=O) groups is 1. The molecule has 30 heavy (non-hydrogen) atoms. The Kier molecular flexibility index (Phi) is 5.53. The van der Waals surface area contributed by atoms with E-state index in [1.54, 1.807) is 13.4 Å². The molecule has 4 rings (SSSR count). The first-order valence-corrected chi connectivity index (χ1v) is 10.8. The van der Waals surface area contributed by atoms with Gasteiger partial charge < -0.3 is 9.64 Å². The van der Waals surface area contributed by atoms with Crippen LogP contribution in [0.2, 0.25) is 0 Å². The quantitative estimate of drug-likeness (QED) is 0.757. The molecule has 1 fully saturated rings. The topological polar surface area (TPSA) is 59.7 Å². The van der Waals surface area contributed by atoms with Crippen LogP contribution in [0.5, 0.6) is 0 Å². The maximum atomic E-state index is 12.9. The van der Waals surface area contributed by atoms with Crippen LogP contribution in [0, 0.1) is 5.41 Å². The highest BCUT2D eigenvalue weighted by Gasteiger charge is 2.34. The summed E-state index contributed by atoms with van der Waals surface area (Å²) in [5.41, 5.74) is 6.24. The fourth-order valence-corrected chi connectivity index (χ4v) is 4.69. The van der Waals surface area contributed by atoms with Crippen molar-refractivity contribution in [2.75, 3.05) is 26.8 Å². The zero-order chi connectivity index (χ0) is 21.5. The highest BCUT2D eigenvalue weighted by molar-refractivity contribution is 6.00. The number of hydrogen-bond acceptors (Lipinski definition) is 4. The van der Waals surface area contributed by atoms with Crippen molar-refractivity contribution in [2.45, 2.75) is 52.9 Å². The molecule has 1 atom stereocenters. The van der Waals surface area contributed by atoms with E-state index in [0.717, 1.165) is 43.0 Å². The Morgan fingerprint density at radius 2 is 2.07 bits per heavy atom. The zero-order valence-electron chi connectivity index (χ0n) is 18.7. The average Bonchev–Trinajstić information content (AvgIpc) is 3.13. The summed E-state index contributed by atoms with van der Waals surface area (Å²) in [4.78, 5) is 23.9. The van der Waals surface area contributed by atoms with Crippen LogP contribution in [0.3, 0.4) is 0 Å². The van der Waals surface area contributed by atoms with Crippen molar-refractivity contribution in [3.8, 4) is 0 Å². The lowest BCUT2D eigenvalue weighted by Gasteiger charge is -2.38. The third-order valence-corrected chi connectivity index (χ3v) is 6.22. The van der Waals surface area contributed by atoms with Gasteiger partial charge in [-0.15, -0.1) is 0 Å². The number of allylic oxidation sites excluding steroid dienone is 4. The van der Waals surface area contributed by atoms with Gasteiger partial charge in [0.1, 0.15) is 18.7 Å². The molecule has 160 valence electrons. The number of amides is 1. The van der Waals surface area contributed by atoms with Crippen LogP contribution in [-0.2, 0) is 9.53 Å². The first kappa shape index (κ1) is 20.8. The summed E-state index contributed by atoms with van der Waals surface area (Å²) in [5.74, 6) is 1.02. The number of methoxy groups -OCH3 is 1. The number of rotatable bonds is 3. The highest BCUT2D eigenvalue weighted by atomic mass is 16.5. The van der Waals surface area contributed by atoms with E-state index in [-0.39, 0.29) is 23.8 Å². The fraction of sp³-hybridized carbons (Fsp3) is 0.542. The summed E-state index contributed by atoms with van der Waals surface area (Å²) in [7, 11) is 1.70. The van der Waals surface area contributed by atoms with Gasteiger partial charge >= 0.3 is 0 Å². The molecular formula is C24H32N4O2. The highest BCUT2D eigenvalue weighted by Crippen LogP contribution is 2.44. The number of piperidine rings is 1. The van der Waals surface area contributed by atoms with E-state index in [4.69, 9.17) is 4.74 Å². The Morgan fingerprint density at radius 3 is 2.80 bits per heavy atom. The molecule has 3 heterocycles. The summed E-state index contributed by atoms with van der Waals surface area (Å²) in [6.07, 6.45) is 11.2. The number of imidazole rings is 1. The predicted octanol–water partition coefficient (Wildman–Crippen LogP) is 4.07. The summed E-state index contributed by atoms with van der Waals surface area (Å²) in [6.45, 7) is 10.5. The molecule has 1 unspecified atom stereocenters. The van der Waals surface area contributed by atoms with Gasteiger partial charge in [0.2, 0.25) is 5.91 Å². The SMILES string of the molecule is COCC(C)c1cn(C2=NCC(=O)N3CCC4=C(C(C)(C)C)CCC=C4C3=C2)cn1. The second-order valence-corrected chi connectivity index (χ2v) is 9.43.